The van der Waals surface area contributed by atoms with Crippen molar-refractivity contribution in [3.63, 3.8) is 0 Å². The van der Waals surface area contributed by atoms with Crippen molar-refractivity contribution in [2.45, 2.75) is 46.2 Å². The van der Waals surface area contributed by atoms with Crippen LogP contribution in [0, 0.1) is 5.92 Å². The Hall–Kier alpha value is -0.960. The van der Waals surface area contributed by atoms with Crippen molar-refractivity contribution in [2.75, 3.05) is 0 Å². The molecule has 1 unspecified atom stereocenters. The molecule has 0 aromatic carbocycles. The minimum Gasteiger partial charge on any atom is -0.309 e. The summed E-state index contributed by atoms with van der Waals surface area (Å²) in [5.41, 5.74) is 1.01. The summed E-state index contributed by atoms with van der Waals surface area (Å²) in [6.45, 7) is 7.55. The fraction of sp³-hybridized carbons (Fsp3) is 0.667. The quantitative estimate of drug-likeness (QED) is 0.778. The predicted octanol–water partition coefficient (Wildman–Crippen LogP) is 2.39. The average Bonchev–Trinajstić information content (AvgIpc) is 2.25. The Balaban J connectivity index is 2.19. The molecule has 1 aromatic heterocycles. The van der Waals surface area contributed by atoms with Crippen molar-refractivity contribution >= 4 is 0 Å². The Kier molecular flexibility index (Phi) is 5.26. The zero-order chi connectivity index (χ0) is 11.1. The van der Waals surface area contributed by atoms with Crippen LogP contribution in [0.1, 0.15) is 39.3 Å². The van der Waals surface area contributed by atoms with Crippen molar-refractivity contribution < 1.29 is 0 Å². The highest BCUT2D eigenvalue weighted by atomic mass is 15.1. The third-order valence-corrected chi connectivity index (χ3v) is 2.44. The zero-order valence-corrected chi connectivity index (χ0v) is 9.90. The molecule has 0 fully saturated rings. The summed E-state index contributed by atoms with van der Waals surface area (Å²) >= 11 is 0. The molecule has 0 radical (unpaired) electrons. The van der Waals surface area contributed by atoms with Crippen LogP contribution in [0.25, 0.3) is 0 Å². The second kappa shape index (κ2) is 6.51. The number of rotatable bonds is 6. The van der Waals surface area contributed by atoms with Crippen LogP contribution in [0.5, 0.6) is 0 Å². The van der Waals surface area contributed by atoms with Crippen LogP contribution in [0.4, 0.5) is 0 Å². The van der Waals surface area contributed by atoms with Gasteiger partial charge in [-0.3, -0.25) is 0 Å². The second-order valence-corrected chi connectivity index (χ2v) is 4.47. The lowest BCUT2D eigenvalue weighted by Gasteiger charge is -2.14. The first kappa shape index (κ1) is 12.1. The van der Waals surface area contributed by atoms with Crippen molar-refractivity contribution in [3.8, 4) is 0 Å². The molecule has 3 heteroatoms. The second-order valence-electron chi connectivity index (χ2n) is 4.47. The summed E-state index contributed by atoms with van der Waals surface area (Å²) in [6, 6.07) is 4.47. The van der Waals surface area contributed by atoms with Crippen LogP contribution in [-0.4, -0.2) is 16.2 Å². The Morgan fingerprint density at radius 1 is 1.27 bits per heavy atom. The van der Waals surface area contributed by atoms with E-state index in [0.29, 0.717) is 6.04 Å². The Morgan fingerprint density at radius 2 is 2.07 bits per heavy atom. The van der Waals surface area contributed by atoms with E-state index in [2.05, 4.69) is 36.3 Å². The van der Waals surface area contributed by atoms with Gasteiger partial charge in [0.25, 0.3) is 0 Å². The summed E-state index contributed by atoms with van der Waals surface area (Å²) in [6.07, 6.45) is 4.19. The SMILES string of the molecule is CC(C)CCC(C)NCc1cccnn1. The number of nitrogens with one attached hydrogen (secondary N) is 1. The third-order valence-electron chi connectivity index (χ3n) is 2.44. The van der Waals surface area contributed by atoms with Crippen LogP contribution in [-0.2, 0) is 6.54 Å². The van der Waals surface area contributed by atoms with Crippen molar-refractivity contribution in [3.05, 3.63) is 24.0 Å². The fourth-order valence-electron chi connectivity index (χ4n) is 1.39. The van der Waals surface area contributed by atoms with Crippen molar-refractivity contribution in [1.29, 1.82) is 0 Å². The molecule has 0 aliphatic carbocycles. The molecule has 1 rings (SSSR count). The number of hydrogen-bond donors (Lipinski definition) is 1. The molecule has 84 valence electrons. The molecule has 1 heterocycles. The van der Waals surface area contributed by atoms with Gasteiger partial charge in [0.05, 0.1) is 5.69 Å². The highest BCUT2D eigenvalue weighted by Crippen LogP contribution is 2.06. The van der Waals surface area contributed by atoms with E-state index in [1.165, 1.54) is 12.8 Å². The maximum Gasteiger partial charge on any atom is 0.0769 e. The molecule has 0 aliphatic rings. The summed E-state index contributed by atoms with van der Waals surface area (Å²) in [5.74, 6) is 0.783. The van der Waals surface area contributed by atoms with Gasteiger partial charge in [-0.25, -0.2) is 0 Å². The molecule has 0 bridgehead atoms. The van der Waals surface area contributed by atoms with Gasteiger partial charge in [0, 0.05) is 18.8 Å². The van der Waals surface area contributed by atoms with E-state index >= 15 is 0 Å². The van der Waals surface area contributed by atoms with E-state index in [-0.39, 0.29) is 0 Å². The van der Waals surface area contributed by atoms with Gasteiger partial charge in [0.2, 0.25) is 0 Å². The maximum absolute atomic E-state index is 4.03. The van der Waals surface area contributed by atoms with E-state index in [1.54, 1.807) is 6.20 Å². The fourth-order valence-corrected chi connectivity index (χ4v) is 1.39. The minimum absolute atomic E-state index is 0.550. The summed E-state index contributed by atoms with van der Waals surface area (Å²) < 4.78 is 0. The van der Waals surface area contributed by atoms with Gasteiger partial charge >= 0.3 is 0 Å². The minimum atomic E-state index is 0.550. The molecule has 0 spiro atoms. The normalized spacial score (nSPS) is 13.1. The molecule has 1 aromatic rings. The molecular formula is C12H21N3. The van der Waals surface area contributed by atoms with Gasteiger partial charge in [-0.1, -0.05) is 13.8 Å². The molecular weight excluding hydrogens is 186 g/mol. The van der Waals surface area contributed by atoms with Crippen molar-refractivity contribution in [1.82, 2.24) is 15.5 Å². The van der Waals surface area contributed by atoms with Gasteiger partial charge in [0.15, 0.2) is 0 Å². The monoisotopic (exact) mass is 207 g/mol. The topological polar surface area (TPSA) is 37.8 Å². The maximum atomic E-state index is 4.03. The first-order chi connectivity index (χ1) is 7.18. The Bertz CT molecular complexity index is 259. The molecule has 0 saturated heterocycles. The lowest BCUT2D eigenvalue weighted by atomic mass is 10.0. The van der Waals surface area contributed by atoms with Gasteiger partial charge in [0.1, 0.15) is 0 Å². The smallest absolute Gasteiger partial charge is 0.0769 e. The summed E-state index contributed by atoms with van der Waals surface area (Å²) in [5, 5.41) is 11.3. The molecule has 0 saturated carbocycles. The van der Waals surface area contributed by atoms with Crippen LogP contribution >= 0.6 is 0 Å². The average molecular weight is 207 g/mol. The highest BCUT2D eigenvalue weighted by Gasteiger charge is 2.03. The standard InChI is InChI=1S/C12H21N3/c1-10(2)6-7-11(3)13-9-12-5-4-8-14-15-12/h4-5,8,10-11,13H,6-7,9H2,1-3H3. The van der Waals surface area contributed by atoms with Crippen molar-refractivity contribution in [2.24, 2.45) is 5.92 Å². The molecule has 0 aliphatic heterocycles. The predicted molar refractivity (Wildman–Crippen MR) is 62.4 cm³/mol. The van der Waals surface area contributed by atoms with Gasteiger partial charge in [-0.05, 0) is 37.8 Å². The first-order valence-corrected chi connectivity index (χ1v) is 5.68. The molecule has 1 atom stereocenters. The van der Waals surface area contributed by atoms with E-state index in [1.807, 2.05) is 12.1 Å². The lowest BCUT2D eigenvalue weighted by molar-refractivity contribution is 0.448. The zero-order valence-electron chi connectivity index (χ0n) is 9.90. The third kappa shape index (κ3) is 5.47. The first-order valence-electron chi connectivity index (χ1n) is 5.68. The van der Waals surface area contributed by atoms with Crippen LogP contribution in [0.3, 0.4) is 0 Å². The largest absolute Gasteiger partial charge is 0.309 e. The van der Waals surface area contributed by atoms with E-state index in [0.717, 1.165) is 18.2 Å². The van der Waals surface area contributed by atoms with Crippen LogP contribution in [0.2, 0.25) is 0 Å². The number of aromatic nitrogens is 2. The lowest BCUT2D eigenvalue weighted by Crippen LogP contribution is -2.26. The molecule has 0 amide bonds. The van der Waals surface area contributed by atoms with E-state index in [4.69, 9.17) is 0 Å². The molecule has 15 heavy (non-hydrogen) atoms. The number of nitrogens with zero attached hydrogens (tertiary/aromatic N) is 2. The van der Waals surface area contributed by atoms with Gasteiger partial charge in [-0.2, -0.15) is 10.2 Å². The molecule has 3 nitrogen and oxygen atoms in total. The van der Waals surface area contributed by atoms with E-state index < -0.39 is 0 Å². The number of hydrogen-bond acceptors (Lipinski definition) is 3. The van der Waals surface area contributed by atoms with Gasteiger partial charge in [-0.15, -0.1) is 0 Å². The van der Waals surface area contributed by atoms with Gasteiger partial charge < -0.3 is 5.32 Å². The summed E-state index contributed by atoms with van der Waals surface area (Å²) in [7, 11) is 0. The van der Waals surface area contributed by atoms with E-state index in [9.17, 15) is 0 Å². The highest BCUT2D eigenvalue weighted by molar-refractivity contribution is 4.98. The summed E-state index contributed by atoms with van der Waals surface area (Å²) in [4.78, 5) is 0. The van der Waals surface area contributed by atoms with Crippen LogP contribution < -0.4 is 5.32 Å². The molecule has 1 N–H and O–H groups in total. The Labute approximate surface area is 92.3 Å². The Morgan fingerprint density at radius 3 is 2.67 bits per heavy atom. The van der Waals surface area contributed by atoms with Crippen LogP contribution in [0.15, 0.2) is 18.3 Å².